The van der Waals surface area contributed by atoms with E-state index in [4.69, 9.17) is 15.2 Å². The summed E-state index contributed by atoms with van der Waals surface area (Å²) in [4.78, 5) is 13.9. The van der Waals surface area contributed by atoms with E-state index in [1.165, 1.54) is 0 Å². The van der Waals surface area contributed by atoms with E-state index in [1.54, 1.807) is 19.1 Å². The van der Waals surface area contributed by atoms with E-state index in [1.807, 2.05) is 13.8 Å². The second kappa shape index (κ2) is 9.39. The van der Waals surface area contributed by atoms with Gasteiger partial charge in [-0.2, -0.15) is 0 Å². The predicted octanol–water partition coefficient (Wildman–Crippen LogP) is 0.481. The summed E-state index contributed by atoms with van der Waals surface area (Å²) in [6.45, 7) is 6.18. The molecule has 0 aliphatic carbocycles. The van der Waals surface area contributed by atoms with Gasteiger partial charge in [-0.1, -0.05) is 20.3 Å². The van der Waals surface area contributed by atoms with Crippen LogP contribution in [-0.2, 0) is 14.3 Å². The van der Waals surface area contributed by atoms with Crippen molar-refractivity contribution in [3.05, 3.63) is 0 Å². The van der Waals surface area contributed by atoms with Crippen LogP contribution in [0.5, 0.6) is 0 Å². The van der Waals surface area contributed by atoms with Crippen molar-refractivity contribution in [1.82, 2.24) is 4.90 Å². The van der Waals surface area contributed by atoms with Gasteiger partial charge in [-0.25, -0.2) is 0 Å². The Labute approximate surface area is 104 Å². The first-order valence-electron chi connectivity index (χ1n) is 6.10. The molecular formula is C12H26N2O3. The molecule has 0 aromatic carbocycles. The predicted molar refractivity (Wildman–Crippen MR) is 67.8 cm³/mol. The zero-order valence-electron chi connectivity index (χ0n) is 11.4. The van der Waals surface area contributed by atoms with Crippen molar-refractivity contribution < 1.29 is 14.3 Å². The summed E-state index contributed by atoms with van der Waals surface area (Å²) in [5.74, 6) is 0.170. The first-order valence-corrected chi connectivity index (χ1v) is 6.10. The van der Waals surface area contributed by atoms with Gasteiger partial charge in [0.15, 0.2) is 0 Å². The van der Waals surface area contributed by atoms with Crippen LogP contribution < -0.4 is 5.73 Å². The fourth-order valence-corrected chi connectivity index (χ4v) is 1.44. The van der Waals surface area contributed by atoms with Gasteiger partial charge in [-0.05, 0) is 5.92 Å². The Kier molecular flexibility index (Phi) is 9.03. The molecule has 0 spiro atoms. The largest absolute Gasteiger partial charge is 0.383 e. The standard InChI is InChI=1S/C12H26N2O3/c1-5-10(2)11(13)12(15)14(6-8-16-3)7-9-17-4/h10-11H,5-9,13H2,1-4H3/t10?,11-/m0/s1. The average molecular weight is 246 g/mol. The maximum Gasteiger partial charge on any atom is 0.239 e. The van der Waals surface area contributed by atoms with Crippen LogP contribution in [0.2, 0.25) is 0 Å². The molecule has 5 nitrogen and oxygen atoms in total. The molecule has 5 heteroatoms. The quantitative estimate of drug-likeness (QED) is 0.643. The molecule has 102 valence electrons. The lowest BCUT2D eigenvalue weighted by Gasteiger charge is -2.27. The number of amides is 1. The highest BCUT2D eigenvalue weighted by Gasteiger charge is 2.24. The van der Waals surface area contributed by atoms with Gasteiger partial charge in [-0.15, -0.1) is 0 Å². The van der Waals surface area contributed by atoms with Gasteiger partial charge >= 0.3 is 0 Å². The highest BCUT2D eigenvalue weighted by atomic mass is 16.5. The van der Waals surface area contributed by atoms with Gasteiger partial charge in [0.25, 0.3) is 0 Å². The van der Waals surface area contributed by atoms with Gasteiger partial charge in [0.05, 0.1) is 19.3 Å². The molecule has 0 radical (unpaired) electrons. The minimum atomic E-state index is -0.436. The van der Waals surface area contributed by atoms with Crippen LogP contribution >= 0.6 is 0 Å². The van der Waals surface area contributed by atoms with E-state index in [0.29, 0.717) is 26.3 Å². The molecule has 0 aliphatic heterocycles. The number of ether oxygens (including phenoxy) is 2. The van der Waals surface area contributed by atoms with Crippen LogP contribution in [-0.4, -0.2) is 57.4 Å². The van der Waals surface area contributed by atoms with E-state index in [2.05, 4.69) is 0 Å². The Bertz CT molecular complexity index is 204. The molecule has 1 unspecified atom stereocenters. The number of carbonyl (C=O) groups excluding carboxylic acids is 1. The third-order valence-electron chi connectivity index (χ3n) is 2.98. The smallest absolute Gasteiger partial charge is 0.239 e. The highest BCUT2D eigenvalue weighted by molar-refractivity contribution is 5.82. The van der Waals surface area contributed by atoms with Crippen molar-refractivity contribution in [2.75, 3.05) is 40.5 Å². The van der Waals surface area contributed by atoms with Gasteiger partial charge in [-0.3, -0.25) is 4.79 Å². The van der Waals surface area contributed by atoms with Crippen LogP contribution in [0.4, 0.5) is 0 Å². The summed E-state index contributed by atoms with van der Waals surface area (Å²) in [5.41, 5.74) is 5.94. The molecule has 0 saturated carbocycles. The second-order valence-electron chi connectivity index (χ2n) is 4.22. The summed E-state index contributed by atoms with van der Waals surface area (Å²) in [6.07, 6.45) is 0.898. The molecule has 0 saturated heterocycles. The van der Waals surface area contributed by atoms with Crippen molar-refractivity contribution in [3.63, 3.8) is 0 Å². The minimum Gasteiger partial charge on any atom is -0.383 e. The molecule has 0 bridgehead atoms. The normalized spacial score (nSPS) is 14.4. The first kappa shape index (κ1) is 16.4. The third kappa shape index (κ3) is 6.00. The van der Waals surface area contributed by atoms with Crippen LogP contribution in [0.3, 0.4) is 0 Å². The topological polar surface area (TPSA) is 64.8 Å². The zero-order chi connectivity index (χ0) is 13.3. The van der Waals surface area contributed by atoms with Crippen molar-refractivity contribution in [2.24, 2.45) is 11.7 Å². The van der Waals surface area contributed by atoms with Gasteiger partial charge in [0, 0.05) is 27.3 Å². The molecule has 0 fully saturated rings. The van der Waals surface area contributed by atoms with Gasteiger partial charge < -0.3 is 20.1 Å². The molecule has 1 amide bonds. The lowest BCUT2D eigenvalue weighted by molar-refractivity contribution is -0.135. The number of hydrogen-bond acceptors (Lipinski definition) is 4. The summed E-state index contributed by atoms with van der Waals surface area (Å²) >= 11 is 0. The van der Waals surface area contributed by atoms with Crippen LogP contribution in [0.15, 0.2) is 0 Å². The fraction of sp³-hybridized carbons (Fsp3) is 0.917. The molecule has 17 heavy (non-hydrogen) atoms. The lowest BCUT2D eigenvalue weighted by Crippen LogP contribution is -2.49. The van der Waals surface area contributed by atoms with Crippen LogP contribution in [0.1, 0.15) is 20.3 Å². The Hall–Kier alpha value is -0.650. The van der Waals surface area contributed by atoms with Crippen molar-refractivity contribution >= 4 is 5.91 Å². The number of nitrogens with zero attached hydrogens (tertiary/aromatic N) is 1. The number of nitrogens with two attached hydrogens (primary N) is 1. The van der Waals surface area contributed by atoms with Crippen molar-refractivity contribution in [2.45, 2.75) is 26.3 Å². The molecule has 0 aromatic rings. The number of carbonyl (C=O) groups is 1. The van der Waals surface area contributed by atoms with Gasteiger partial charge in [0.2, 0.25) is 5.91 Å². The highest BCUT2D eigenvalue weighted by Crippen LogP contribution is 2.08. The average Bonchev–Trinajstić information content (AvgIpc) is 2.36. The molecular weight excluding hydrogens is 220 g/mol. The van der Waals surface area contributed by atoms with E-state index in [9.17, 15) is 4.79 Å². The van der Waals surface area contributed by atoms with E-state index in [0.717, 1.165) is 6.42 Å². The molecule has 0 aromatic heterocycles. The second-order valence-corrected chi connectivity index (χ2v) is 4.22. The maximum atomic E-state index is 12.1. The summed E-state index contributed by atoms with van der Waals surface area (Å²) in [7, 11) is 3.24. The van der Waals surface area contributed by atoms with E-state index >= 15 is 0 Å². The Balaban J connectivity index is 4.38. The number of hydrogen-bond donors (Lipinski definition) is 1. The zero-order valence-corrected chi connectivity index (χ0v) is 11.4. The third-order valence-corrected chi connectivity index (χ3v) is 2.98. The Morgan fingerprint density at radius 3 is 2.06 bits per heavy atom. The molecule has 0 heterocycles. The van der Waals surface area contributed by atoms with Gasteiger partial charge in [0.1, 0.15) is 0 Å². The number of methoxy groups -OCH3 is 2. The first-order chi connectivity index (χ1) is 8.08. The van der Waals surface area contributed by atoms with E-state index in [-0.39, 0.29) is 11.8 Å². The SMILES string of the molecule is CCC(C)[C@H](N)C(=O)N(CCOC)CCOC. The Morgan fingerprint density at radius 2 is 1.71 bits per heavy atom. The van der Waals surface area contributed by atoms with E-state index < -0.39 is 6.04 Å². The van der Waals surface area contributed by atoms with Crippen molar-refractivity contribution in [3.8, 4) is 0 Å². The van der Waals surface area contributed by atoms with Crippen molar-refractivity contribution in [1.29, 1.82) is 0 Å². The van der Waals surface area contributed by atoms with Crippen LogP contribution in [0.25, 0.3) is 0 Å². The molecule has 0 aliphatic rings. The summed E-state index contributed by atoms with van der Waals surface area (Å²) in [5, 5.41) is 0. The molecule has 2 N–H and O–H groups in total. The summed E-state index contributed by atoms with van der Waals surface area (Å²) in [6, 6.07) is -0.436. The summed E-state index contributed by atoms with van der Waals surface area (Å²) < 4.78 is 9.99. The fourth-order valence-electron chi connectivity index (χ4n) is 1.44. The lowest BCUT2D eigenvalue weighted by atomic mass is 9.99. The minimum absolute atomic E-state index is 0.0200. The molecule has 0 rings (SSSR count). The maximum absolute atomic E-state index is 12.1. The molecule has 2 atom stereocenters. The monoisotopic (exact) mass is 246 g/mol. The number of rotatable bonds is 9. The Morgan fingerprint density at radius 1 is 1.24 bits per heavy atom. The van der Waals surface area contributed by atoms with Crippen LogP contribution in [0, 0.1) is 5.92 Å².